The summed E-state index contributed by atoms with van der Waals surface area (Å²) in [7, 11) is 0. The minimum atomic E-state index is -0.492. The van der Waals surface area contributed by atoms with Crippen LogP contribution in [0.4, 0.5) is 0 Å². The Bertz CT molecular complexity index is 534. The summed E-state index contributed by atoms with van der Waals surface area (Å²) in [5.74, 6) is -0.508. The second kappa shape index (κ2) is 8.14. The van der Waals surface area contributed by atoms with Gasteiger partial charge in [0.25, 0.3) is 0 Å². The molecule has 0 aromatic rings. The molecule has 128 valence electrons. The molecule has 0 saturated carbocycles. The van der Waals surface area contributed by atoms with E-state index < -0.39 is 11.9 Å². The van der Waals surface area contributed by atoms with E-state index in [0.717, 1.165) is 0 Å². The number of allylic oxidation sites excluding steroid dienone is 4. The Kier molecular flexibility index (Phi) is 6.79. The average Bonchev–Trinajstić information content (AvgIpc) is 2.60. The zero-order chi connectivity index (χ0) is 17.6. The lowest BCUT2D eigenvalue weighted by Crippen LogP contribution is -2.21. The molecule has 4 heteroatoms. The average molecular weight is 320 g/mol. The third-order valence-corrected chi connectivity index (χ3v) is 3.13. The summed E-state index contributed by atoms with van der Waals surface area (Å²) >= 11 is 0. The predicted molar refractivity (Wildman–Crippen MR) is 90.7 cm³/mol. The maximum Gasteiger partial charge on any atom is 0.339 e. The normalized spacial score (nSPS) is 16.7. The van der Waals surface area contributed by atoms with Gasteiger partial charge < -0.3 is 9.47 Å². The van der Waals surface area contributed by atoms with E-state index in [9.17, 15) is 9.59 Å². The van der Waals surface area contributed by atoms with Crippen molar-refractivity contribution in [2.45, 2.75) is 41.5 Å². The second-order valence-corrected chi connectivity index (χ2v) is 7.30. The Morgan fingerprint density at radius 2 is 1.43 bits per heavy atom. The van der Waals surface area contributed by atoms with Gasteiger partial charge in [-0.1, -0.05) is 59.8 Å². The highest BCUT2D eigenvalue weighted by Crippen LogP contribution is 2.28. The van der Waals surface area contributed by atoms with Crippen molar-refractivity contribution in [1.82, 2.24) is 0 Å². The number of ether oxygens (including phenoxy) is 2. The first-order valence-corrected chi connectivity index (χ1v) is 8.09. The maximum absolute atomic E-state index is 12.4. The standard InChI is InChI=1S/C19H28O4/c1-13(2)11-22-17(20)15-8-7-9-19(5,6)10-16(15)18(21)23-12-14(3)4/h7-10,13-14H,11-12H2,1-6H3. The van der Waals surface area contributed by atoms with Gasteiger partial charge in [-0.05, 0) is 17.9 Å². The Morgan fingerprint density at radius 1 is 0.957 bits per heavy atom. The van der Waals surface area contributed by atoms with Crippen LogP contribution in [-0.4, -0.2) is 25.2 Å². The van der Waals surface area contributed by atoms with Crippen molar-refractivity contribution >= 4 is 11.9 Å². The molecule has 23 heavy (non-hydrogen) atoms. The fourth-order valence-corrected chi connectivity index (χ4v) is 1.97. The van der Waals surface area contributed by atoms with Crippen LogP contribution in [0.15, 0.2) is 35.5 Å². The van der Waals surface area contributed by atoms with Crippen molar-refractivity contribution in [1.29, 1.82) is 0 Å². The monoisotopic (exact) mass is 320 g/mol. The van der Waals surface area contributed by atoms with Gasteiger partial charge in [-0.15, -0.1) is 0 Å². The maximum atomic E-state index is 12.4. The Morgan fingerprint density at radius 3 is 1.91 bits per heavy atom. The summed E-state index contributed by atoms with van der Waals surface area (Å²) in [6, 6.07) is 0. The van der Waals surface area contributed by atoms with E-state index in [1.165, 1.54) is 0 Å². The molecule has 0 N–H and O–H groups in total. The number of hydrogen-bond donors (Lipinski definition) is 0. The van der Waals surface area contributed by atoms with Crippen LogP contribution in [0.25, 0.3) is 0 Å². The Balaban J connectivity index is 3.04. The third-order valence-electron chi connectivity index (χ3n) is 3.13. The number of carbonyl (C=O) groups excluding carboxylic acids is 2. The van der Waals surface area contributed by atoms with Crippen molar-refractivity contribution in [3.63, 3.8) is 0 Å². The van der Waals surface area contributed by atoms with Crippen LogP contribution in [0.1, 0.15) is 41.5 Å². The molecule has 0 aliphatic heterocycles. The van der Waals surface area contributed by atoms with Crippen LogP contribution in [0.3, 0.4) is 0 Å². The molecular formula is C19H28O4. The summed E-state index contributed by atoms with van der Waals surface area (Å²) in [5, 5.41) is 0. The first kappa shape index (κ1) is 19.2. The van der Waals surface area contributed by atoms with Crippen LogP contribution >= 0.6 is 0 Å². The topological polar surface area (TPSA) is 52.6 Å². The lowest BCUT2D eigenvalue weighted by atomic mass is 9.90. The van der Waals surface area contributed by atoms with Gasteiger partial charge in [0.05, 0.1) is 24.4 Å². The molecule has 0 atom stereocenters. The van der Waals surface area contributed by atoms with Crippen molar-refractivity contribution < 1.29 is 19.1 Å². The van der Waals surface area contributed by atoms with E-state index in [-0.39, 0.29) is 28.4 Å². The second-order valence-electron chi connectivity index (χ2n) is 7.30. The first-order chi connectivity index (χ1) is 10.6. The molecule has 1 aliphatic rings. The molecule has 4 nitrogen and oxygen atoms in total. The fourth-order valence-electron chi connectivity index (χ4n) is 1.97. The lowest BCUT2D eigenvalue weighted by Gasteiger charge is -2.17. The number of hydrogen-bond acceptors (Lipinski definition) is 4. The molecule has 0 spiro atoms. The Labute approximate surface area is 139 Å². The molecule has 0 radical (unpaired) electrons. The van der Waals surface area contributed by atoms with Crippen LogP contribution in [-0.2, 0) is 19.1 Å². The van der Waals surface area contributed by atoms with Crippen molar-refractivity contribution in [3.05, 3.63) is 35.5 Å². The third kappa shape index (κ3) is 6.43. The molecule has 0 heterocycles. The van der Waals surface area contributed by atoms with Crippen LogP contribution in [0, 0.1) is 17.3 Å². The number of rotatable bonds is 6. The molecule has 0 unspecified atom stereocenters. The molecule has 0 aromatic carbocycles. The van der Waals surface area contributed by atoms with Gasteiger partial charge in [0.1, 0.15) is 0 Å². The van der Waals surface area contributed by atoms with Crippen LogP contribution < -0.4 is 0 Å². The highest BCUT2D eigenvalue weighted by atomic mass is 16.5. The van der Waals surface area contributed by atoms with Crippen molar-refractivity contribution in [2.24, 2.45) is 17.3 Å². The van der Waals surface area contributed by atoms with Gasteiger partial charge in [-0.25, -0.2) is 9.59 Å². The lowest BCUT2D eigenvalue weighted by molar-refractivity contribution is -0.143. The van der Waals surface area contributed by atoms with Crippen molar-refractivity contribution in [2.75, 3.05) is 13.2 Å². The number of esters is 2. The summed E-state index contributed by atoms with van der Waals surface area (Å²) < 4.78 is 10.6. The highest BCUT2D eigenvalue weighted by molar-refractivity contribution is 6.07. The van der Waals surface area contributed by atoms with E-state index in [1.54, 1.807) is 18.2 Å². The van der Waals surface area contributed by atoms with Gasteiger partial charge >= 0.3 is 11.9 Å². The SMILES string of the molecule is CC(C)COC(=O)C1=CC=CC(C)(C)C=C1C(=O)OCC(C)C. The molecular weight excluding hydrogens is 292 g/mol. The van der Waals surface area contributed by atoms with E-state index in [1.807, 2.05) is 47.6 Å². The van der Waals surface area contributed by atoms with Gasteiger partial charge in [0, 0.05) is 5.41 Å². The quantitative estimate of drug-likeness (QED) is 0.698. The number of carbonyl (C=O) groups is 2. The minimum Gasteiger partial charge on any atom is -0.462 e. The van der Waals surface area contributed by atoms with E-state index >= 15 is 0 Å². The summed E-state index contributed by atoms with van der Waals surface area (Å²) in [5.41, 5.74) is 0.179. The minimum absolute atomic E-state index is 0.233. The molecule has 0 bridgehead atoms. The molecule has 1 aliphatic carbocycles. The molecule has 0 aromatic heterocycles. The first-order valence-electron chi connectivity index (χ1n) is 8.09. The van der Waals surface area contributed by atoms with E-state index in [2.05, 4.69) is 0 Å². The summed E-state index contributed by atoms with van der Waals surface area (Å²) in [6.07, 6.45) is 7.11. The molecule has 0 amide bonds. The molecule has 0 fully saturated rings. The highest BCUT2D eigenvalue weighted by Gasteiger charge is 2.27. The van der Waals surface area contributed by atoms with Crippen molar-refractivity contribution in [3.8, 4) is 0 Å². The van der Waals surface area contributed by atoms with Crippen LogP contribution in [0.2, 0.25) is 0 Å². The smallest absolute Gasteiger partial charge is 0.339 e. The zero-order valence-corrected chi connectivity index (χ0v) is 15.0. The van der Waals surface area contributed by atoms with Gasteiger partial charge in [-0.3, -0.25) is 0 Å². The zero-order valence-electron chi connectivity index (χ0n) is 15.0. The van der Waals surface area contributed by atoms with Gasteiger partial charge in [0.15, 0.2) is 0 Å². The largest absolute Gasteiger partial charge is 0.462 e. The van der Waals surface area contributed by atoms with E-state index in [4.69, 9.17) is 9.47 Å². The summed E-state index contributed by atoms with van der Waals surface area (Å²) in [6.45, 7) is 12.4. The predicted octanol–water partition coefficient (Wildman–Crippen LogP) is 3.83. The molecule has 0 saturated heterocycles. The van der Waals surface area contributed by atoms with Gasteiger partial charge in [0.2, 0.25) is 0 Å². The van der Waals surface area contributed by atoms with E-state index in [0.29, 0.717) is 13.2 Å². The van der Waals surface area contributed by atoms with Crippen LogP contribution in [0.5, 0.6) is 0 Å². The molecule has 1 rings (SSSR count). The van der Waals surface area contributed by atoms with Gasteiger partial charge in [-0.2, -0.15) is 0 Å². The summed E-state index contributed by atoms with van der Waals surface area (Å²) in [4.78, 5) is 24.8. The fraction of sp³-hybridized carbons (Fsp3) is 0.579. The Hall–Kier alpha value is -1.84.